The van der Waals surface area contributed by atoms with E-state index in [9.17, 15) is 0 Å². The van der Waals surface area contributed by atoms with Crippen LogP contribution in [0.1, 0.15) is 0 Å². The van der Waals surface area contributed by atoms with E-state index in [2.05, 4.69) is 30.2 Å². The first-order chi connectivity index (χ1) is 8.63. The van der Waals surface area contributed by atoms with Crippen molar-refractivity contribution in [3.05, 3.63) is 15.9 Å². The topological polar surface area (TPSA) is 90.6 Å². The molecule has 4 aromatic rings. The molecule has 0 saturated heterocycles. The Morgan fingerprint density at radius 1 is 0.556 bits per heavy atom. The molecule has 0 N–H and O–H groups in total. The molecular weight excluding hydrogens is 304 g/mol. The third-order valence-corrected chi connectivity index (χ3v) is 2.74. The lowest BCUT2D eigenvalue weighted by atomic mass is 10.9. The van der Waals surface area contributed by atoms with Crippen LogP contribution in [0.15, 0.2) is 0 Å². The summed E-state index contributed by atoms with van der Waals surface area (Å²) in [7, 11) is 0. The highest BCUT2D eigenvalue weighted by Crippen LogP contribution is 2.15. The molecule has 9 nitrogen and oxygen atoms in total. The van der Waals surface area contributed by atoms with Gasteiger partial charge in [-0.3, -0.25) is 0 Å². The van der Waals surface area contributed by atoms with E-state index in [1.165, 1.54) is 13.5 Å². The minimum absolute atomic E-state index is 0.0372. The molecule has 0 unspecified atom stereocenters. The summed E-state index contributed by atoms with van der Waals surface area (Å²) in [4.78, 5) is 12.0. The van der Waals surface area contributed by atoms with Gasteiger partial charge in [-0.1, -0.05) is 0 Å². The Balaban J connectivity index is 2.43. The van der Waals surface area contributed by atoms with Crippen LogP contribution in [0.3, 0.4) is 0 Å². The van der Waals surface area contributed by atoms with Gasteiger partial charge in [0.25, 0.3) is 17.3 Å². The Morgan fingerprint density at radius 3 is 1.11 bits per heavy atom. The van der Waals surface area contributed by atoms with Crippen molar-refractivity contribution in [2.45, 2.75) is 0 Å². The van der Waals surface area contributed by atoms with E-state index in [-0.39, 0.29) is 15.9 Å². The molecule has 0 aliphatic carbocycles. The molecule has 0 radical (unpaired) electrons. The van der Waals surface area contributed by atoms with E-state index in [0.29, 0.717) is 17.3 Å². The predicted molar refractivity (Wildman–Crippen MR) is 61.1 cm³/mol. The molecule has 0 saturated carbocycles. The molecule has 18 heavy (non-hydrogen) atoms. The van der Waals surface area contributed by atoms with E-state index in [4.69, 9.17) is 34.8 Å². The standard InChI is InChI=1S/C6Cl3N9/c7-1-10-4-16(13-1)5-11-2(8)15-18(5)6-12-3(9)14-17(4)6. The fraction of sp³-hybridized carbons (Fsp3) is 0. The molecule has 0 spiro atoms. The molecule has 4 aromatic heterocycles. The Kier molecular flexibility index (Phi) is 1.81. The van der Waals surface area contributed by atoms with Crippen molar-refractivity contribution in [1.82, 2.24) is 43.8 Å². The zero-order valence-electron chi connectivity index (χ0n) is 8.16. The molecular formula is C6Cl3N9. The zero-order chi connectivity index (χ0) is 12.4. The Labute approximate surface area is 112 Å². The highest BCUT2D eigenvalue weighted by atomic mass is 35.5. The highest BCUT2D eigenvalue weighted by molar-refractivity contribution is 6.29. The fourth-order valence-electron chi connectivity index (χ4n) is 1.65. The second-order valence-corrected chi connectivity index (χ2v) is 4.29. The van der Waals surface area contributed by atoms with Crippen LogP contribution in [0.4, 0.5) is 0 Å². The van der Waals surface area contributed by atoms with Gasteiger partial charge >= 0.3 is 0 Å². The van der Waals surface area contributed by atoms with Gasteiger partial charge in [0, 0.05) is 0 Å². The lowest BCUT2D eigenvalue weighted by Gasteiger charge is -1.96. The van der Waals surface area contributed by atoms with E-state index < -0.39 is 0 Å². The van der Waals surface area contributed by atoms with E-state index >= 15 is 0 Å². The van der Waals surface area contributed by atoms with Crippen LogP contribution in [0.5, 0.6) is 0 Å². The summed E-state index contributed by atoms with van der Waals surface area (Å²) in [5.41, 5.74) is 0. The molecule has 0 aliphatic heterocycles. The number of hydrogen-bond donors (Lipinski definition) is 0. The number of nitrogens with zero attached hydrogens (tertiary/aromatic N) is 9. The first-order valence-electron chi connectivity index (χ1n) is 4.52. The lowest BCUT2D eigenvalue weighted by Crippen LogP contribution is -2.06. The molecule has 4 rings (SSSR count). The summed E-state index contributed by atoms with van der Waals surface area (Å²) in [6.07, 6.45) is 0. The van der Waals surface area contributed by atoms with Crippen molar-refractivity contribution in [2.75, 3.05) is 0 Å². The average molecular weight is 304 g/mol. The Hall–Kier alpha value is -1.71. The minimum Gasteiger partial charge on any atom is -0.178 e. The van der Waals surface area contributed by atoms with E-state index in [1.807, 2.05) is 0 Å². The average Bonchev–Trinajstić information content (AvgIpc) is 2.93. The van der Waals surface area contributed by atoms with Gasteiger partial charge in [0.2, 0.25) is 15.9 Å². The zero-order valence-corrected chi connectivity index (χ0v) is 10.4. The second-order valence-electron chi connectivity index (χ2n) is 3.28. The number of rotatable bonds is 0. The van der Waals surface area contributed by atoms with Crippen molar-refractivity contribution >= 4 is 52.1 Å². The second kappa shape index (κ2) is 3.19. The lowest BCUT2D eigenvalue weighted by molar-refractivity contribution is 0.816. The molecule has 0 bridgehead atoms. The largest absolute Gasteiger partial charge is 0.261 e. The van der Waals surface area contributed by atoms with Crippen molar-refractivity contribution < 1.29 is 0 Å². The normalized spacial score (nSPS) is 12.2. The third kappa shape index (κ3) is 1.18. The van der Waals surface area contributed by atoms with Gasteiger partial charge in [-0.2, -0.15) is 28.5 Å². The molecule has 90 valence electrons. The third-order valence-electron chi connectivity index (χ3n) is 2.26. The highest BCUT2D eigenvalue weighted by Gasteiger charge is 2.18. The van der Waals surface area contributed by atoms with Gasteiger partial charge in [0.15, 0.2) is 0 Å². The van der Waals surface area contributed by atoms with Gasteiger partial charge < -0.3 is 0 Å². The quantitative estimate of drug-likeness (QED) is 0.477. The Morgan fingerprint density at radius 2 is 0.833 bits per heavy atom. The maximum atomic E-state index is 5.77. The number of fused-ring (bicyclic) bond motifs is 6. The Bertz CT molecular complexity index is 699. The van der Waals surface area contributed by atoms with Crippen LogP contribution in [0.25, 0.3) is 17.3 Å². The summed E-state index contributed by atoms with van der Waals surface area (Å²) < 4.78 is 4.04. The smallest absolute Gasteiger partial charge is 0.178 e. The van der Waals surface area contributed by atoms with Crippen LogP contribution < -0.4 is 0 Å². The van der Waals surface area contributed by atoms with Gasteiger partial charge in [0.05, 0.1) is 0 Å². The van der Waals surface area contributed by atoms with Gasteiger partial charge in [-0.15, -0.1) is 15.3 Å². The molecule has 12 heteroatoms. The molecule has 0 amide bonds. The number of aromatic nitrogens is 9. The fourth-order valence-corrected chi connectivity index (χ4v) is 2.11. The maximum absolute atomic E-state index is 5.77. The summed E-state index contributed by atoms with van der Waals surface area (Å²) in [5.74, 6) is 0.933. The van der Waals surface area contributed by atoms with Crippen LogP contribution in [0.2, 0.25) is 15.9 Å². The van der Waals surface area contributed by atoms with Crippen LogP contribution in [-0.2, 0) is 0 Å². The van der Waals surface area contributed by atoms with Gasteiger partial charge in [0.1, 0.15) is 0 Å². The summed E-state index contributed by atoms with van der Waals surface area (Å²) in [5, 5.41) is 12.0. The van der Waals surface area contributed by atoms with Crippen LogP contribution in [0, 0.1) is 0 Å². The summed E-state index contributed by atoms with van der Waals surface area (Å²) in [6, 6.07) is 0. The molecule has 0 fully saturated rings. The monoisotopic (exact) mass is 303 g/mol. The molecule has 0 atom stereocenters. The SMILES string of the molecule is Clc1nc2n(n1)c1nc(Cl)nn1c1nc(Cl)nn21. The summed E-state index contributed by atoms with van der Waals surface area (Å²) >= 11 is 17.3. The molecule has 0 aromatic carbocycles. The summed E-state index contributed by atoms with van der Waals surface area (Å²) in [6.45, 7) is 0. The van der Waals surface area contributed by atoms with E-state index in [1.54, 1.807) is 0 Å². The van der Waals surface area contributed by atoms with Gasteiger partial charge in [-0.25, -0.2) is 0 Å². The first kappa shape index (κ1) is 10.2. The van der Waals surface area contributed by atoms with Crippen molar-refractivity contribution in [2.24, 2.45) is 0 Å². The van der Waals surface area contributed by atoms with Crippen molar-refractivity contribution in [1.29, 1.82) is 0 Å². The number of halogens is 3. The van der Waals surface area contributed by atoms with Crippen LogP contribution in [-0.4, -0.2) is 43.8 Å². The first-order valence-corrected chi connectivity index (χ1v) is 5.65. The number of hydrogen-bond acceptors (Lipinski definition) is 6. The van der Waals surface area contributed by atoms with Gasteiger partial charge in [-0.05, 0) is 34.8 Å². The maximum Gasteiger partial charge on any atom is 0.261 e. The predicted octanol–water partition coefficient (Wildman–Crippen LogP) is 0.775. The molecule has 4 heterocycles. The van der Waals surface area contributed by atoms with E-state index in [0.717, 1.165) is 0 Å². The van der Waals surface area contributed by atoms with Crippen molar-refractivity contribution in [3.8, 4) is 0 Å². The van der Waals surface area contributed by atoms with Crippen molar-refractivity contribution in [3.63, 3.8) is 0 Å². The minimum atomic E-state index is 0.0372. The molecule has 0 aliphatic rings. The van der Waals surface area contributed by atoms with Crippen LogP contribution >= 0.6 is 34.8 Å².